The van der Waals surface area contributed by atoms with Gasteiger partial charge in [0, 0.05) is 12.8 Å². The van der Waals surface area contributed by atoms with Crippen LogP contribution in [0.4, 0.5) is 0 Å². The Bertz CT molecular complexity index is 402. The normalized spacial score (nSPS) is 8.60. The van der Waals surface area contributed by atoms with E-state index >= 15 is 0 Å². The number of rotatable bonds is 4. The summed E-state index contributed by atoms with van der Waals surface area (Å²) in [5, 5.41) is 0. The van der Waals surface area contributed by atoms with Gasteiger partial charge in [-0.05, 0) is 11.1 Å². The number of hydrogen-bond donors (Lipinski definition) is 0. The van der Waals surface area contributed by atoms with Crippen LogP contribution in [0.3, 0.4) is 0 Å². The summed E-state index contributed by atoms with van der Waals surface area (Å²) < 4.78 is 0. The second-order valence-electron chi connectivity index (χ2n) is 3.86. The van der Waals surface area contributed by atoms with Gasteiger partial charge in [-0.15, -0.1) is 0 Å². The molecule has 0 aliphatic heterocycles. The van der Waals surface area contributed by atoms with Gasteiger partial charge in [0.1, 0.15) is 5.78 Å². The van der Waals surface area contributed by atoms with E-state index in [2.05, 4.69) is 0 Å². The number of carbonyl (C=O) groups excluding carboxylic acids is 1. The van der Waals surface area contributed by atoms with E-state index in [4.69, 9.17) is 0 Å². The van der Waals surface area contributed by atoms with Gasteiger partial charge in [-0.25, -0.2) is 0 Å². The topological polar surface area (TPSA) is 17.1 Å². The highest BCUT2D eigenvalue weighted by atomic mass is 16.1. The van der Waals surface area contributed by atoms with Crippen molar-refractivity contribution >= 4 is 5.78 Å². The van der Waals surface area contributed by atoms with Gasteiger partial charge in [0.15, 0.2) is 0 Å². The van der Waals surface area contributed by atoms with Crippen LogP contribution in [0, 0.1) is 0 Å². The number of ketones is 1. The highest BCUT2D eigenvalue weighted by Gasteiger charge is 2.04. The second kappa shape index (κ2) is 12.2. The molecule has 0 atom stereocenters. The van der Waals surface area contributed by atoms with Crippen LogP contribution < -0.4 is 0 Å². The van der Waals surface area contributed by atoms with E-state index in [1.807, 2.05) is 88.4 Å². The lowest BCUT2D eigenvalue weighted by Gasteiger charge is -2.01. The lowest BCUT2D eigenvalue weighted by Crippen LogP contribution is -2.06. The lowest BCUT2D eigenvalue weighted by atomic mass is 10.0. The van der Waals surface area contributed by atoms with Crippen molar-refractivity contribution in [2.75, 3.05) is 0 Å². The van der Waals surface area contributed by atoms with Gasteiger partial charge in [-0.1, -0.05) is 88.4 Å². The Morgan fingerprint density at radius 2 is 0.950 bits per heavy atom. The molecule has 0 aliphatic carbocycles. The van der Waals surface area contributed by atoms with Crippen LogP contribution in [0.1, 0.15) is 38.8 Å². The molecule has 108 valence electrons. The highest BCUT2D eigenvalue weighted by molar-refractivity contribution is 5.83. The zero-order valence-electron chi connectivity index (χ0n) is 13.1. The predicted octanol–water partition coefficient (Wildman–Crippen LogP) is 5.09. The van der Waals surface area contributed by atoms with Crippen molar-refractivity contribution in [3.8, 4) is 0 Å². The SMILES string of the molecule is CC.CC.O=C(Cc1ccccc1)Cc1ccccc1. The Balaban J connectivity index is 0.000000829. The van der Waals surface area contributed by atoms with E-state index in [0.717, 1.165) is 11.1 Å². The Morgan fingerprint density at radius 1 is 0.650 bits per heavy atom. The van der Waals surface area contributed by atoms with Crippen molar-refractivity contribution in [3.63, 3.8) is 0 Å². The first-order valence-electron chi connectivity index (χ1n) is 7.44. The molecule has 1 heteroatoms. The summed E-state index contributed by atoms with van der Waals surface area (Å²) in [6, 6.07) is 19.7. The number of Topliss-reactive ketones (excluding diaryl/α,β-unsaturated/α-hetero) is 1. The first-order valence-corrected chi connectivity index (χ1v) is 7.44. The molecule has 0 amide bonds. The summed E-state index contributed by atoms with van der Waals surface area (Å²) in [7, 11) is 0. The molecule has 2 aromatic rings. The molecule has 0 heterocycles. The molecule has 0 N–H and O–H groups in total. The quantitative estimate of drug-likeness (QED) is 0.756. The van der Waals surface area contributed by atoms with E-state index in [9.17, 15) is 4.79 Å². The maximum Gasteiger partial charge on any atom is 0.141 e. The molecule has 0 aliphatic rings. The monoisotopic (exact) mass is 270 g/mol. The van der Waals surface area contributed by atoms with Crippen LogP contribution in [-0.4, -0.2) is 5.78 Å². The van der Waals surface area contributed by atoms with Crippen LogP contribution in [0.25, 0.3) is 0 Å². The molecule has 0 saturated carbocycles. The molecule has 0 unspecified atom stereocenters. The summed E-state index contributed by atoms with van der Waals surface area (Å²) in [6.07, 6.45) is 1.05. The summed E-state index contributed by atoms with van der Waals surface area (Å²) >= 11 is 0. The second-order valence-corrected chi connectivity index (χ2v) is 3.86. The Hall–Kier alpha value is -1.89. The first-order chi connectivity index (χ1) is 9.84. The minimum atomic E-state index is 0.261. The van der Waals surface area contributed by atoms with E-state index in [-0.39, 0.29) is 5.78 Å². The van der Waals surface area contributed by atoms with Crippen LogP contribution >= 0.6 is 0 Å². The highest BCUT2D eigenvalue weighted by Crippen LogP contribution is 2.05. The van der Waals surface area contributed by atoms with Crippen molar-refractivity contribution in [2.24, 2.45) is 0 Å². The molecule has 0 radical (unpaired) electrons. The minimum absolute atomic E-state index is 0.261. The molecule has 2 rings (SSSR count). The fourth-order valence-corrected chi connectivity index (χ4v) is 1.71. The van der Waals surface area contributed by atoms with Crippen molar-refractivity contribution in [1.29, 1.82) is 0 Å². The van der Waals surface area contributed by atoms with E-state index in [0.29, 0.717) is 12.8 Å². The average Bonchev–Trinajstić information content (AvgIpc) is 2.53. The van der Waals surface area contributed by atoms with Gasteiger partial charge < -0.3 is 0 Å². The van der Waals surface area contributed by atoms with E-state index in [1.165, 1.54) is 0 Å². The summed E-state index contributed by atoms with van der Waals surface area (Å²) in [4.78, 5) is 11.8. The molecule has 20 heavy (non-hydrogen) atoms. The van der Waals surface area contributed by atoms with Crippen LogP contribution in [0.5, 0.6) is 0 Å². The van der Waals surface area contributed by atoms with Gasteiger partial charge in [0.25, 0.3) is 0 Å². The third-order valence-electron chi connectivity index (χ3n) is 2.49. The van der Waals surface area contributed by atoms with Gasteiger partial charge in [0.05, 0.1) is 0 Å². The molecule has 0 bridgehead atoms. The fraction of sp³-hybridized carbons (Fsp3) is 0.316. The summed E-state index contributed by atoms with van der Waals surface area (Å²) in [5.74, 6) is 0.261. The van der Waals surface area contributed by atoms with Gasteiger partial charge in [-0.2, -0.15) is 0 Å². The largest absolute Gasteiger partial charge is 0.299 e. The zero-order chi connectivity index (χ0) is 15.2. The molecule has 0 aromatic heterocycles. The van der Waals surface area contributed by atoms with Gasteiger partial charge in [0.2, 0.25) is 0 Å². The van der Waals surface area contributed by atoms with Gasteiger partial charge >= 0.3 is 0 Å². The molecular weight excluding hydrogens is 244 g/mol. The fourth-order valence-electron chi connectivity index (χ4n) is 1.71. The Labute approximate surface area is 123 Å². The van der Waals surface area contributed by atoms with Crippen molar-refractivity contribution in [3.05, 3.63) is 71.8 Å². The van der Waals surface area contributed by atoms with Crippen molar-refractivity contribution in [1.82, 2.24) is 0 Å². The number of hydrogen-bond acceptors (Lipinski definition) is 1. The molecule has 1 nitrogen and oxygen atoms in total. The zero-order valence-corrected chi connectivity index (χ0v) is 13.1. The number of carbonyl (C=O) groups is 1. The molecule has 0 spiro atoms. The molecular formula is C19H26O. The predicted molar refractivity (Wildman–Crippen MR) is 88.0 cm³/mol. The maximum absolute atomic E-state index is 11.8. The Kier molecular flexibility index (Phi) is 11.0. The van der Waals surface area contributed by atoms with Crippen LogP contribution in [0.2, 0.25) is 0 Å². The summed E-state index contributed by atoms with van der Waals surface area (Å²) in [6.45, 7) is 8.00. The molecule has 0 fully saturated rings. The number of benzene rings is 2. The van der Waals surface area contributed by atoms with E-state index < -0.39 is 0 Å². The van der Waals surface area contributed by atoms with Crippen molar-refractivity contribution < 1.29 is 4.79 Å². The maximum atomic E-state index is 11.8. The standard InChI is InChI=1S/C15H14O.2C2H6/c16-15(11-13-7-3-1-4-8-13)12-14-9-5-2-6-10-14;2*1-2/h1-10H,11-12H2;2*1-2H3. The van der Waals surface area contributed by atoms with Crippen LogP contribution in [-0.2, 0) is 17.6 Å². The van der Waals surface area contributed by atoms with Crippen LogP contribution in [0.15, 0.2) is 60.7 Å². The first kappa shape index (κ1) is 18.1. The lowest BCUT2D eigenvalue weighted by molar-refractivity contribution is -0.117. The average molecular weight is 270 g/mol. The molecule has 2 aromatic carbocycles. The van der Waals surface area contributed by atoms with E-state index in [1.54, 1.807) is 0 Å². The van der Waals surface area contributed by atoms with Gasteiger partial charge in [-0.3, -0.25) is 4.79 Å². The van der Waals surface area contributed by atoms with Crippen molar-refractivity contribution in [2.45, 2.75) is 40.5 Å². The summed E-state index contributed by atoms with van der Waals surface area (Å²) in [5.41, 5.74) is 2.17. The smallest absolute Gasteiger partial charge is 0.141 e. The third-order valence-corrected chi connectivity index (χ3v) is 2.49. The Morgan fingerprint density at radius 3 is 1.25 bits per heavy atom. The third kappa shape index (κ3) is 7.52. The minimum Gasteiger partial charge on any atom is -0.299 e. The molecule has 0 saturated heterocycles.